The Labute approximate surface area is 83.2 Å². The van der Waals surface area contributed by atoms with Crippen molar-refractivity contribution in [2.45, 2.75) is 19.4 Å². The number of aldehydes is 1. The Bertz CT molecular complexity index is 245. The molecular weight excluding hydrogens is 182 g/mol. The van der Waals surface area contributed by atoms with Gasteiger partial charge in [0, 0.05) is 23.9 Å². The van der Waals surface area contributed by atoms with E-state index in [0.717, 1.165) is 12.8 Å². The minimum atomic E-state index is 0.417. The molecule has 1 atom stereocenters. The molecule has 0 spiro atoms. The highest BCUT2D eigenvalue weighted by Crippen LogP contribution is 2.22. The van der Waals surface area contributed by atoms with E-state index < -0.39 is 0 Å². The van der Waals surface area contributed by atoms with Crippen LogP contribution < -0.4 is 0 Å². The highest BCUT2D eigenvalue weighted by molar-refractivity contribution is 7.10. The van der Waals surface area contributed by atoms with Gasteiger partial charge in [0.1, 0.15) is 6.29 Å². The number of hydrogen-bond acceptors (Lipinski definition) is 3. The summed E-state index contributed by atoms with van der Waals surface area (Å²) in [6.07, 6.45) is 1.59. The third kappa shape index (κ3) is 2.94. The molecule has 0 radical (unpaired) electrons. The van der Waals surface area contributed by atoms with Crippen LogP contribution in [0.3, 0.4) is 0 Å². The first-order valence-electron chi connectivity index (χ1n) is 4.43. The lowest BCUT2D eigenvalue weighted by molar-refractivity contribution is -0.108. The topological polar surface area (TPSA) is 20.3 Å². The smallest absolute Gasteiger partial charge is 0.121 e. The monoisotopic (exact) mass is 197 g/mol. The second kappa shape index (κ2) is 5.14. The first-order chi connectivity index (χ1) is 6.25. The summed E-state index contributed by atoms with van der Waals surface area (Å²) in [4.78, 5) is 13.7. The second-order valence-electron chi connectivity index (χ2n) is 3.13. The van der Waals surface area contributed by atoms with Crippen LogP contribution in [0.1, 0.15) is 24.3 Å². The second-order valence-corrected chi connectivity index (χ2v) is 4.11. The van der Waals surface area contributed by atoms with Crippen LogP contribution in [-0.2, 0) is 4.79 Å². The number of thiophene rings is 1. The lowest BCUT2D eigenvalue weighted by Crippen LogP contribution is -2.23. The number of carbonyl (C=O) groups excluding carboxylic acids is 1. The lowest BCUT2D eigenvalue weighted by atomic mass is 10.2. The van der Waals surface area contributed by atoms with Gasteiger partial charge < -0.3 is 4.79 Å². The van der Waals surface area contributed by atoms with Gasteiger partial charge in [-0.1, -0.05) is 6.07 Å². The van der Waals surface area contributed by atoms with Crippen molar-refractivity contribution < 1.29 is 4.79 Å². The first kappa shape index (κ1) is 10.4. The number of hydrogen-bond donors (Lipinski definition) is 0. The van der Waals surface area contributed by atoms with Gasteiger partial charge >= 0.3 is 0 Å². The van der Waals surface area contributed by atoms with E-state index in [1.807, 2.05) is 7.05 Å². The summed E-state index contributed by atoms with van der Waals surface area (Å²) in [6.45, 7) is 3.00. The van der Waals surface area contributed by atoms with Crippen LogP contribution in [0.4, 0.5) is 0 Å². The Balaban J connectivity index is 2.47. The molecule has 72 valence electrons. The van der Waals surface area contributed by atoms with Gasteiger partial charge in [0.05, 0.1) is 0 Å². The van der Waals surface area contributed by atoms with Crippen molar-refractivity contribution in [3.8, 4) is 0 Å². The Kier molecular flexibility index (Phi) is 4.12. The van der Waals surface area contributed by atoms with Crippen LogP contribution in [0.25, 0.3) is 0 Å². The highest BCUT2D eigenvalue weighted by atomic mass is 32.1. The fourth-order valence-electron chi connectivity index (χ4n) is 1.20. The van der Waals surface area contributed by atoms with Crippen molar-refractivity contribution in [3.63, 3.8) is 0 Å². The maximum Gasteiger partial charge on any atom is 0.121 e. The molecule has 0 saturated carbocycles. The minimum absolute atomic E-state index is 0.417. The fourth-order valence-corrected chi connectivity index (χ4v) is 2.04. The van der Waals surface area contributed by atoms with Gasteiger partial charge in [-0.15, -0.1) is 11.3 Å². The zero-order valence-electron chi connectivity index (χ0n) is 8.06. The van der Waals surface area contributed by atoms with Gasteiger partial charge in [-0.25, -0.2) is 0 Å². The Morgan fingerprint density at radius 2 is 2.46 bits per heavy atom. The van der Waals surface area contributed by atoms with E-state index in [4.69, 9.17) is 0 Å². The molecule has 1 aromatic heterocycles. The molecule has 1 unspecified atom stereocenters. The third-order valence-corrected chi connectivity index (χ3v) is 3.26. The molecule has 1 heterocycles. The van der Waals surface area contributed by atoms with E-state index in [1.54, 1.807) is 11.3 Å². The zero-order valence-corrected chi connectivity index (χ0v) is 8.88. The molecule has 3 heteroatoms. The molecule has 0 fully saturated rings. The Hall–Kier alpha value is -0.670. The zero-order chi connectivity index (χ0) is 9.68. The van der Waals surface area contributed by atoms with Crippen LogP contribution in [0, 0.1) is 0 Å². The van der Waals surface area contributed by atoms with E-state index in [9.17, 15) is 4.79 Å². The summed E-state index contributed by atoms with van der Waals surface area (Å²) in [5.74, 6) is 0. The molecule has 0 amide bonds. The number of nitrogens with zero attached hydrogens (tertiary/aromatic N) is 1. The van der Waals surface area contributed by atoms with Gasteiger partial charge in [0.2, 0.25) is 0 Å². The van der Waals surface area contributed by atoms with E-state index in [-0.39, 0.29) is 0 Å². The summed E-state index contributed by atoms with van der Waals surface area (Å²) in [6, 6.07) is 4.61. The maximum absolute atomic E-state index is 10.2. The van der Waals surface area contributed by atoms with E-state index in [1.165, 1.54) is 4.88 Å². The molecule has 1 rings (SSSR count). The Morgan fingerprint density at radius 1 is 1.69 bits per heavy atom. The quantitative estimate of drug-likeness (QED) is 0.675. The van der Waals surface area contributed by atoms with Crippen molar-refractivity contribution >= 4 is 17.6 Å². The standard InChI is InChI=1S/C10H15NOS/c1-9(10-5-3-8-13-10)11(2)6-4-7-12/h3,5,7-9H,4,6H2,1-2H3. The normalized spacial score (nSPS) is 13.2. The van der Waals surface area contributed by atoms with Crippen LogP contribution in [0.5, 0.6) is 0 Å². The predicted octanol–water partition coefficient (Wildman–Crippen LogP) is 2.33. The molecule has 0 aliphatic heterocycles. The molecule has 2 nitrogen and oxygen atoms in total. The van der Waals surface area contributed by atoms with Crippen molar-refractivity contribution in [3.05, 3.63) is 22.4 Å². The minimum Gasteiger partial charge on any atom is -0.303 e. The van der Waals surface area contributed by atoms with Gasteiger partial charge in [0.25, 0.3) is 0 Å². The van der Waals surface area contributed by atoms with Crippen molar-refractivity contribution in [2.75, 3.05) is 13.6 Å². The summed E-state index contributed by atoms with van der Waals surface area (Å²) < 4.78 is 0. The average molecular weight is 197 g/mol. The fraction of sp³-hybridized carbons (Fsp3) is 0.500. The molecule has 0 saturated heterocycles. The van der Waals surface area contributed by atoms with Crippen LogP contribution in [0.2, 0.25) is 0 Å². The third-order valence-electron chi connectivity index (χ3n) is 2.22. The molecule has 0 aromatic carbocycles. The average Bonchev–Trinajstić information content (AvgIpc) is 2.65. The summed E-state index contributed by atoms with van der Waals surface area (Å²) in [7, 11) is 2.05. The SMILES string of the molecule is CC(c1cccs1)N(C)CCC=O. The van der Waals surface area contributed by atoms with Crippen LogP contribution in [0.15, 0.2) is 17.5 Å². The summed E-state index contributed by atoms with van der Waals surface area (Å²) in [5.41, 5.74) is 0. The van der Waals surface area contributed by atoms with Crippen molar-refractivity contribution in [2.24, 2.45) is 0 Å². The van der Waals surface area contributed by atoms with E-state index in [0.29, 0.717) is 12.5 Å². The molecule has 0 aliphatic rings. The molecule has 1 aromatic rings. The highest BCUT2D eigenvalue weighted by Gasteiger charge is 2.11. The van der Waals surface area contributed by atoms with Gasteiger partial charge in [0.15, 0.2) is 0 Å². The van der Waals surface area contributed by atoms with Crippen molar-refractivity contribution in [1.82, 2.24) is 4.90 Å². The molecule has 0 N–H and O–H groups in total. The van der Waals surface area contributed by atoms with Crippen LogP contribution in [-0.4, -0.2) is 24.8 Å². The summed E-state index contributed by atoms with van der Waals surface area (Å²) >= 11 is 1.76. The van der Waals surface area contributed by atoms with Crippen molar-refractivity contribution in [1.29, 1.82) is 0 Å². The number of carbonyl (C=O) groups is 1. The van der Waals surface area contributed by atoms with E-state index >= 15 is 0 Å². The van der Waals surface area contributed by atoms with Gasteiger partial charge in [-0.2, -0.15) is 0 Å². The molecule has 0 bridgehead atoms. The molecule has 0 aliphatic carbocycles. The van der Waals surface area contributed by atoms with E-state index in [2.05, 4.69) is 29.3 Å². The van der Waals surface area contributed by atoms with Gasteiger partial charge in [-0.05, 0) is 25.4 Å². The largest absolute Gasteiger partial charge is 0.303 e. The number of rotatable bonds is 5. The predicted molar refractivity (Wildman–Crippen MR) is 56.0 cm³/mol. The van der Waals surface area contributed by atoms with Crippen LogP contribution >= 0.6 is 11.3 Å². The van der Waals surface area contributed by atoms with Gasteiger partial charge in [-0.3, -0.25) is 4.90 Å². The first-order valence-corrected chi connectivity index (χ1v) is 5.31. The molecule has 13 heavy (non-hydrogen) atoms. The maximum atomic E-state index is 10.2. The summed E-state index contributed by atoms with van der Waals surface area (Å²) in [5, 5.41) is 2.08. The lowest BCUT2D eigenvalue weighted by Gasteiger charge is -2.22. The molecular formula is C10H15NOS. The Morgan fingerprint density at radius 3 is 3.00 bits per heavy atom.